The number of furan rings is 1. The quantitative estimate of drug-likeness (QED) is 0.496. The third-order valence-electron chi connectivity index (χ3n) is 5.43. The van der Waals surface area contributed by atoms with Crippen LogP contribution in [0.5, 0.6) is 0 Å². The third-order valence-corrected chi connectivity index (χ3v) is 6.40. The predicted molar refractivity (Wildman–Crippen MR) is 118 cm³/mol. The number of fused-ring (bicyclic) bond motifs is 1. The molecule has 1 amide bonds. The number of thiazole rings is 1. The topological polar surface area (TPSA) is 90.0 Å². The highest BCUT2D eigenvalue weighted by Crippen LogP contribution is 2.38. The molecule has 5 rings (SSSR count). The van der Waals surface area contributed by atoms with Crippen LogP contribution in [0.25, 0.3) is 22.0 Å². The van der Waals surface area contributed by atoms with E-state index in [0.29, 0.717) is 34.9 Å². The first-order valence-electron chi connectivity index (χ1n) is 10.0. The Balaban J connectivity index is 1.52. The highest BCUT2D eigenvalue weighted by molar-refractivity contribution is 7.19. The van der Waals surface area contributed by atoms with E-state index in [2.05, 4.69) is 10.3 Å². The molecule has 0 aliphatic heterocycles. The number of hydrogen-bond acceptors (Lipinski definition) is 6. The lowest BCUT2D eigenvalue weighted by atomic mass is 9.94. The first kappa shape index (κ1) is 19.4. The summed E-state index contributed by atoms with van der Waals surface area (Å²) in [7, 11) is 1.92. The lowest BCUT2D eigenvalue weighted by molar-refractivity contribution is 0.0963. The van der Waals surface area contributed by atoms with Crippen molar-refractivity contribution in [3.05, 3.63) is 65.4 Å². The molecule has 1 aromatic carbocycles. The molecule has 156 valence electrons. The summed E-state index contributed by atoms with van der Waals surface area (Å²) in [4.78, 5) is 35.3. The first-order chi connectivity index (χ1) is 15.0. The largest absolute Gasteiger partial charge is 0.455 e. The number of imidazole rings is 1. The van der Waals surface area contributed by atoms with Crippen molar-refractivity contribution in [3.8, 4) is 22.0 Å². The summed E-state index contributed by atoms with van der Waals surface area (Å²) >= 11 is 1.36. The van der Waals surface area contributed by atoms with Crippen LogP contribution in [-0.2, 0) is 13.5 Å². The number of nitrogens with zero attached hydrogens (tertiary/aromatic N) is 3. The van der Waals surface area contributed by atoms with E-state index < -0.39 is 5.91 Å². The van der Waals surface area contributed by atoms with E-state index >= 15 is 0 Å². The lowest BCUT2D eigenvalue weighted by Gasteiger charge is -2.07. The Hall–Kier alpha value is -3.52. The Bertz CT molecular complexity index is 1300. The van der Waals surface area contributed by atoms with Crippen LogP contribution in [0.4, 0.5) is 5.13 Å². The molecule has 0 radical (unpaired) electrons. The minimum Gasteiger partial charge on any atom is -0.455 e. The molecular weight excluding hydrogens is 412 g/mol. The van der Waals surface area contributed by atoms with E-state index in [9.17, 15) is 9.59 Å². The molecule has 0 spiro atoms. The van der Waals surface area contributed by atoms with Gasteiger partial charge in [0, 0.05) is 43.4 Å². The van der Waals surface area contributed by atoms with Crippen LogP contribution >= 0.6 is 11.3 Å². The standard InChI is InChI=1S/C23H20N4O3S/c1-13-17-15(28)9-6-10-16(17)30-19(13)22(29)26-23-25-18(14-7-4-3-5-8-14)20(31-23)21-24-11-12-27(21)2/h3-5,7-8,11-12H,6,9-10H2,1-2H3,(H,25,26,29). The van der Waals surface area contributed by atoms with Gasteiger partial charge in [0.2, 0.25) is 0 Å². The second-order valence-electron chi connectivity index (χ2n) is 7.51. The normalized spacial score (nSPS) is 13.3. The Kier molecular flexibility index (Phi) is 4.78. The molecule has 0 saturated heterocycles. The monoisotopic (exact) mass is 432 g/mol. The molecule has 7 nitrogen and oxygen atoms in total. The van der Waals surface area contributed by atoms with Crippen molar-refractivity contribution in [2.75, 3.05) is 5.32 Å². The highest BCUT2D eigenvalue weighted by Gasteiger charge is 2.29. The third kappa shape index (κ3) is 3.38. The number of amides is 1. The summed E-state index contributed by atoms with van der Waals surface area (Å²) in [6.45, 7) is 1.76. The van der Waals surface area contributed by atoms with Gasteiger partial charge in [0.25, 0.3) is 5.91 Å². The lowest BCUT2D eigenvalue weighted by Crippen LogP contribution is -2.13. The van der Waals surface area contributed by atoms with Crippen molar-refractivity contribution in [1.29, 1.82) is 0 Å². The van der Waals surface area contributed by atoms with Crippen molar-refractivity contribution >= 4 is 28.2 Å². The molecule has 3 heterocycles. The van der Waals surface area contributed by atoms with Gasteiger partial charge in [-0.15, -0.1) is 0 Å². The van der Waals surface area contributed by atoms with Gasteiger partial charge < -0.3 is 8.98 Å². The first-order valence-corrected chi connectivity index (χ1v) is 10.9. The fourth-order valence-corrected chi connectivity index (χ4v) is 4.94. The van der Waals surface area contributed by atoms with Crippen molar-refractivity contribution < 1.29 is 14.0 Å². The summed E-state index contributed by atoms with van der Waals surface area (Å²) < 4.78 is 7.70. The molecule has 1 aliphatic rings. The van der Waals surface area contributed by atoms with Gasteiger partial charge in [0.05, 0.1) is 16.1 Å². The van der Waals surface area contributed by atoms with E-state index in [1.54, 1.807) is 13.1 Å². The molecule has 0 bridgehead atoms. The fourth-order valence-electron chi connectivity index (χ4n) is 3.92. The minimum atomic E-state index is -0.403. The van der Waals surface area contributed by atoms with E-state index in [4.69, 9.17) is 9.40 Å². The number of hydrogen-bond donors (Lipinski definition) is 1. The highest BCUT2D eigenvalue weighted by atomic mass is 32.1. The van der Waals surface area contributed by atoms with Crippen LogP contribution in [0.1, 0.15) is 45.1 Å². The summed E-state index contributed by atoms with van der Waals surface area (Å²) in [6, 6.07) is 9.79. The Labute approximate surface area is 182 Å². The summed E-state index contributed by atoms with van der Waals surface area (Å²) in [5, 5.41) is 3.31. The van der Waals surface area contributed by atoms with Crippen LogP contribution in [0.2, 0.25) is 0 Å². The molecule has 3 aromatic heterocycles. The number of carbonyl (C=O) groups is 2. The van der Waals surface area contributed by atoms with Crippen LogP contribution < -0.4 is 5.32 Å². The summed E-state index contributed by atoms with van der Waals surface area (Å²) in [6.07, 6.45) is 5.52. The Morgan fingerprint density at radius 1 is 1.23 bits per heavy atom. The zero-order valence-electron chi connectivity index (χ0n) is 17.1. The van der Waals surface area contributed by atoms with Crippen molar-refractivity contribution in [2.24, 2.45) is 7.05 Å². The van der Waals surface area contributed by atoms with Crippen molar-refractivity contribution in [1.82, 2.24) is 14.5 Å². The van der Waals surface area contributed by atoms with Gasteiger partial charge in [0.1, 0.15) is 5.76 Å². The maximum absolute atomic E-state index is 13.0. The molecule has 8 heteroatoms. The fraction of sp³-hybridized carbons (Fsp3) is 0.217. The number of Topliss-reactive ketones (excluding diaryl/α,β-unsaturated/α-hetero) is 1. The summed E-state index contributed by atoms with van der Waals surface area (Å²) in [5.41, 5.74) is 2.85. The molecule has 0 saturated carbocycles. The molecule has 1 aliphatic carbocycles. The average Bonchev–Trinajstić information content (AvgIpc) is 3.46. The van der Waals surface area contributed by atoms with Gasteiger partial charge in [-0.3, -0.25) is 14.9 Å². The number of ketones is 1. The zero-order chi connectivity index (χ0) is 21.5. The minimum absolute atomic E-state index is 0.0410. The van der Waals surface area contributed by atoms with Gasteiger partial charge in [-0.25, -0.2) is 9.97 Å². The maximum atomic E-state index is 13.0. The van der Waals surface area contributed by atoms with Crippen molar-refractivity contribution in [3.63, 3.8) is 0 Å². The number of benzene rings is 1. The van der Waals surface area contributed by atoms with Gasteiger partial charge in [0.15, 0.2) is 22.5 Å². The van der Waals surface area contributed by atoms with Crippen LogP contribution in [0.3, 0.4) is 0 Å². The van der Waals surface area contributed by atoms with Crippen LogP contribution in [0, 0.1) is 6.92 Å². The molecule has 0 fully saturated rings. The number of carbonyl (C=O) groups excluding carboxylic acids is 2. The molecule has 31 heavy (non-hydrogen) atoms. The van der Waals surface area contributed by atoms with Crippen LogP contribution in [0.15, 0.2) is 47.1 Å². The summed E-state index contributed by atoms with van der Waals surface area (Å²) in [5.74, 6) is 1.19. The molecule has 0 unspecified atom stereocenters. The average molecular weight is 433 g/mol. The molecule has 0 atom stereocenters. The molecule has 1 N–H and O–H groups in total. The smallest absolute Gasteiger partial charge is 0.293 e. The number of anilines is 1. The Morgan fingerprint density at radius 2 is 2.03 bits per heavy atom. The predicted octanol–water partition coefficient (Wildman–Crippen LogP) is 4.88. The molecule has 4 aromatic rings. The van der Waals surface area contributed by atoms with E-state index in [1.165, 1.54) is 11.3 Å². The maximum Gasteiger partial charge on any atom is 0.293 e. The number of nitrogens with one attached hydrogen (secondary N) is 1. The van der Waals surface area contributed by atoms with Gasteiger partial charge in [-0.1, -0.05) is 41.7 Å². The van der Waals surface area contributed by atoms with E-state index in [0.717, 1.165) is 28.4 Å². The second-order valence-corrected chi connectivity index (χ2v) is 8.51. The SMILES string of the molecule is Cc1c(C(=O)Nc2nc(-c3ccccc3)c(-c3nccn3C)s2)oc2c1C(=O)CCC2. The molecular formula is C23H20N4O3S. The number of aromatic nitrogens is 3. The van der Waals surface area contributed by atoms with E-state index in [1.807, 2.05) is 48.1 Å². The number of aryl methyl sites for hydroxylation is 2. The zero-order valence-corrected chi connectivity index (χ0v) is 18.0. The van der Waals surface area contributed by atoms with E-state index in [-0.39, 0.29) is 11.5 Å². The second kappa shape index (κ2) is 7.63. The Morgan fingerprint density at radius 3 is 2.74 bits per heavy atom. The van der Waals surface area contributed by atoms with Gasteiger partial charge >= 0.3 is 0 Å². The van der Waals surface area contributed by atoms with Gasteiger partial charge in [-0.2, -0.15) is 0 Å². The van der Waals surface area contributed by atoms with Crippen LogP contribution in [-0.4, -0.2) is 26.2 Å². The number of rotatable bonds is 4. The van der Waals surface area contributed by atoms with Gasteiger partial charge in [-0.05, 0) is 13.3 Å². The van der Waals surface area contributed by atoms with Crippen molar-refractivity contribution in [2.45, 2.75) is 26.2 Å².